The fourth-order valence-corrected chi connectivity index (χ4v) is 3.99. The quantitative estimate of drug-likeness (QED) is 0.523. The molecule has 0 saturated carbocycles. The Morgan fingerprint density at radius 2 is 1.41 bits per heavy atom. The summed E-state index contributed by atoms with van der Waals surface area (Å²) in [6.07, 6.45) is 0. The largest absolute Gasteiger partial charge is 0.503 e. The van der Waals surface area contributed by atoms with Crippen molar-refractivity contribution in [3.63, 3.8) is 0 Å². The van der Waals surface area contributed by atoms with Crippen LogP contribution in [0.4, 0.5) is 0 Å². The molecule has 0 saturated heterocycles. The van der Waals surface area contributed by atoms with Gasteiger partial charge in [0.2, 0.25) is 0 Å². The van der Waals surface area contributed by atoms with E-state index in [0.717, 1.165) is 26.7 Å². The first-order valence-electron chi connectivity index (χ1n) is 9.56. The predicted molar refractivity (Wildman–Crippen MR) is 119 cm³/mol. The van der Waals surface area contributed by atoms with Gasteiger partial charge in [-0.05, 0) is 42.7 Å². The highest BCUT2D eigenvalue weighted by Crippen LogP contribution is 2.44. The summed E-state index contributed by atoms with van der Waals surface area (Å²) >= 11 is 3.48. The predicted octanol–water partition coefficient (Wildman–Crippen LogP) is 6.12. The fourth-order valence-electron chi connectivity index (χ4n) is 3.73. The molecule has 29 heavy (non-hydrogen) atoms. The van der Waals surface area contributed by atoms with Crippen LogP contribution in [0, 0.1) is 13.8 Å². The van der Waals surface area contributed by atoms with Crippen molar-refractivity contribution in [1.82, 2.24) is 4.90 Å². The maximum Gasteiger partial charge on any atom is 0.290 e. The highest BCUT2D eigenvalue weighted by Gasteiger charge is 2.40. The summed E-state index contributed by atoms with van der Waals surface area (Å²) in [5.74, 6) is -0.511. The summed E-state index contributed by atoms with van der Waals surface area (Å²) in [5, 5.41) is 10.8. The molecular formula is C25H22BrNO2. The Morgan fingerprint density at radius 3 is 2.00 bits per heavy atom. The van der Waals surface area contributed by atoms with Crippen LogP contribution in [-0.2, 0) is 11.3 Å². The van der Waals surface area contributed by atoms with Crippen LogP contribution in [0.5, 0.6) is 0 Å². The third-order valence-electron chi connectivity index (χ3n) is 5.33. The van der Waals surface area contributed by atoms with Crippen molar-refractivity contribution in [2.75, 3.05) is 0 Å². The molecule has 0 radical (unpaired) electrons. The SMILES string of the molecule is Cc1ccc(CN2C(=O)C(O)=C(c3ccc(C)cc3)[C@@H]2c2ccc(Br)cc2)cc1. The average Bonchev–Trinajstić information content (AvgIpc) is 2.96. The second kappa shape index (κ2) is 7.88. The maximum absolute atomic E-state index is 13.1. The van der Waals surface area contributed by atoms with E-state index in [-0.39, 0.29) is 17.7 Å². The zero-order chi connectivity index (χ0) is 20.5. The molecule has 0 aliphatic carbocycles. The van der Waals surface area contributed by atoms with Crippen LogP contribution in [0.1, 0.15) is 33.9 Å². The molecule has 3 aromatic rings. The lowest BCUT2D eigenvalue weighted by molar-refractivity contribution is -0.130. The van der Waals surface area contributed by atoms with Gasteiger partial charge in [-0.15, -0.1) is 0 Å². The second-order valence-corrected chi connectivity index (χ2v) is 8.42. The van der Waals surface area contributed by atoms with Gasteiger partial charge in [-0.2, -0.15) is 0 Å². The highest BCUT2D eigenvalue weighted by atomic mass is 79.9. The molecule has 4 rings (SSSR count). The van der Waals surface area contributed by atoms with Crippen LogP contribution in [0.25, 0.3) is 5.57 Å². The van der Waals surface area contributed by atoms with Crippen LogP contribution in [0.3, 0.4) is 0 Å². The molecule has 1 N–H and O–H groups in total. The summed E-state index contributed by atoms with van der Waals surface area (Å²) in [6, 6.07) is 23.7. The third-order valence-corrected chi connectivity index (χ3v) is 5.85. The van der Waals surface area contributed by atoms with Crippen molar-refractivity contribution in [3.8, 4) is 0 Å². The minimum Gasteiger partial charge on any atom is -0.503 e. The van der Waals surface area contributed by atoms with Gasteiger partial charge in [-0.1, -0.05) is 87.7 Å². The molecule has 1 atom stereocenters. The van der Waals surface area contributed by atoms with E-state index >= 15 is 0 Å². The number of aliphatic hydroxyl groups is 1. The summed E-state index contributed by atoms with van der Waals surface area (Å²) < 4.78 is 0.973. The zero-order valence-electron chi connectivity index (χ0n) is 16.4. The van der Waals surface area contributed by atoms with Crippen molar-refractivity contribution >= 4 is 27.4 Å². The minimum absolute atomic E-state index is 0.172. The molecule has 0 bridgehead atoms. The van der Waals surface area contributed by atoms with Gasteiger partial charge in [0.15, 0.2) is 5.76 Å². The van der Waals surface area contributed by atoms with Gasteiger partial charge < -0.3 is 10.0 Å². The van der Waals surface area contributed by atoms with Gasteiger partial charge >= 0.3 is 0 Å². The number of nitrogens with zero attached hydrogens (tertiary/aromatic N) is 1. The average molecular weight is 448 g/mol. The molecule has 4 heteroatoms. The Balaban J connectivity index is 1.80. The van der Waals surface area contributed by atoms with Crippen molar-refractivity contribution in [2.24, 2.45) is 0 Å². The number of aliphatic hydroxyl groups excluding tert-OH is 1. The number of hydrogen-bond donors (Lipinski definition) is 1. The topological polar surface area (TPSA) is 40.5 Å². The molecular weight excluding hydrogens is 426 g/mol. The number of rotatable bonds is 4. The lowest BCUT2D eigenvalue weighted by Crippen LogP contribution is -2.29. The van der Waals surface area contributed by atoms with E-state index in [1.54, 1.807) is 4.90 Å². The van der Waals surface area contributed by atoms with Crippen molar-refractivity contribution in [1.29, 1.82) is 0 Å². The van der Waals surface area contributed by atoms with E-state index in [0.29, 0.717) is 12.1 Å². The van der Waals surface area contributed by atoms with Gasteiger partial charge in [0.1, 0.15) is 0 Å². The first-order valence-corrected chi connectivity index (χ1v) is 10.4. The first-order chi connectivity index (χ1) is 13.9. The van der Waals surface area contributed by atoms with Crippen LogP contribution in [-0.4, -0.2) is 15.9 Å². The van der Waals surface area contributed by atoms with Crippen LogP contribution in [0.15, 0.2) is 83.0 Å². The molecule has 1 aliphatic heterocycles. The summed E-state index contributed by atoms with van der Waals surface area (Å²) in [7, 11) is 0. The normalized spacial score (nSPS) is 16.6. The Morgan fingerprint density at radius 1 is 0.862 bits per heavy atom. The van der Waals surface area contributed by atoms with Crippen LogP contribution >= 0.6 is 15.9 Å². The molecule has 0 fully saturated rings. The smallest absolute Gasteiger partial charge is 0.290 e. The van der Waals surface area contributed by atoms with E-state index in [4.69, 9.17) is 0 Å². The second-order valence-electron chi connectivity index (χ2n) is 7.50. The van der Waals surface area contributed by atoms with Crippen molar-refractivity contribution in [3.05, 3.63) is 111 Å². The number of benzene rings is 3. The summed E-state index contributed by atoms with van der Waals surface area (Å²) in [6.45, 7) is 4.49. The van der Waals surface area contributed by atoms with E-state index in [1.165, 1.54) is 5.56 Å². The summed E-state index contributed by atoms with van der Waals surface area (Å²) in [4.78, 5) is 14.8. The third kappa shape index (κ3) is 3.85. The molecule has 1 heterocycles. The fraction of sp³-hybridized carbons (Fsp3) is 0.160. The molecule has 1 amide bonds. The van der Waals surface area contributed by atoms with Gasteiger partial charge in [0.05, 0.1) is 6.04 Å². The van der Waals surface area contributed by atoms with Gasteiger partial charge in [-0.3, -0.25) is 4.79 Å². The van der Waals surface area contributed by atoms with E-state index < -0.39 is 0 Å². The number of aryl methyl sites for hydroxylation is 2. The van der Waals surface area contributed by atoms with Crippen LogP contribution < -0.4 is 0 Å². The lowest BCUT2D eigenvalue weighted by Gasteiger charge is -2.27. The molecule has 0 spiro atoms. The lowest BCUT2D eigenvalue weighted by atomic mass is 9.93. The molecule has 1 aliphatic rings. The summed E-state index contributed by atoms with van der Waals surface area (Å²) in [5.41, 5.74) is 5.82. The standard InChI is InChI=1S/C25H22BrNO2/c1-16-3-7-18(8-4-16)15-27-23(20-11-13-21(26)14-12-20)22(24(28)25(27)29)19-9-5-17(2)6-10-19/h3-14,23,28H,15H2,1-2H3/t23-/m0/s1. The Kier molecular flexibility index (Phi) is 5.29. The Labute approximate surface area is 179 Å². The molecule has 0 unspecified atom stereocenters. The Hall–Kier alpha value is -2.85. The van der Waals surface area contributed by atoms with Crippen molar-refractivity contribution < 1.29 is 9.90 Å². The molecule has 3 aromatic carbocycles. The number of halogens is 1. The number of carbonyl (C=O) groups excluding carboxylic acids is 1. The van der Waals surface area contributed by atoms with E-state index in [9.17, 15) is 9.90 Å². The number of hydrogen-bond acceptors (Lipinski definition) is 2. The zero-order valence-corrected chi connectivity index (χ0v) is 18.0. The monoisotopic (exact) mass is 447 g/mol. The number of carbonyl (C=O) groups is 1. The maximum atomic E-state index is 13.1. The van der Waals surface area contributed by atoms with Gasteiger partial charge in [0, 0.05) is 16.6 Å². The van der Waals surface area contributed by atoms with Crippen LogP contribution in [0.2, 0.25) is 0 Å². The van der Waals surface area contributed by atoms with E-state index in [1.807, 2.05) is 86.6 Å². The minimum atomic E-state index is -0.348. The van der Waals surface area contributed by atoms with E-state index in [2.05, 4.69) is 15.9 Å². The highest BCUT2D eigenvalue weighted by molar-refractivity contribution is 9.10. The molecule has 146 valence electrons. The number of amides is 1. The van der Waals surface area contributed by atoms with Gasteiger partial charge in [0.25, 0.3) is 5.91 Å². The van der Waals surface area contributed by atoms with Gasteiger partial charge in [-0.25, -0.2) is 0 Å². The first kappa shape index (κ1) is 19.5. The Bertz CT molecular complexity index is 1070. The molecule has 0 aromatic heterocycles. The molecule has 3 nitrogen and oxygen atoms in total. The van der Waals surface area contributed by atoms with Crippen molar-refractivity contribution in [2.45, 2.75) is 26.4 Å².